The molecule has 0 radical (unpaired) electrons. The summed E-state index contributed by atoms with van der Waals surface area (Å²) in [6, 6.07) is 4.46. The molecule has 0 aliphatic carbocycles. The van der Waals surface area contributed by atoms with Crippen LogP contribution in [0.5, 0.6) is 0 Å². The summed E-state index contributed by atoms with van der Waals surface area (Å²) >= 11 is 0. The van der Waals surface area contributed by atoms with Crippen molar-refractivity contribution >= 4 is 11.2 Å². The van der Waals surface area contributed by atoms with Crippen LogP contribution >= 0.6 is 0 Å². The normalized spacial score (nSPS) is 16.5. The van der Waals surface area contributed by atoms with Crippen molar-refractivity contribution in [2.75, 3.05) is 31.1 Å². The van der Waals surface area contributed by atoms with Crippen molar-refractivity contribution in [1.82, 2.24) is 14.7 Å². The number of fused-ring (bicyclic) bond motifs is 1. The molecule has 3 rings (SSSR count). The van der Waals surface area contributed by atoms with Crippen LogP contribution in [0.25, 0.3) is 5.52 Å². The first-order chi connectivity index (χ1) is 9.24. The number of rotatable bonds is 3. The second-order valence-corrected chi connectivity index (χ2v) is 5.69. The van der Waals surface area contributed by atoms with Gasteiger partial charge >= 0.3 is 0 Å². The highest BCUT2D eigenvalue weighted by Crippen LogP contribution is 2.19. The highest BCUT2D eigenvalue weighted by Gasteiger charge is 2.12. The van der Waals surface area contributed by atoms with Gasteiger partial charge in [-0.3, -0.25) is 0 Å². The van der Waals surface area contributed by atoms with Crippen LogP contribution < -0.4 is 10.2 Å². The van der Waals surface area contributed by atoms with Crippen LogP contribution in [0.1, 0.15) is 19.7 Å². The van der Waals surface area contributed by atoms with Crippen molar-refractivity contribution in [2.24, 2.45) is 5.92 Å². The summed E-state index contributed by atoms with van der Waals surface area (Å²) in [5, 5.41) is 3.39. The van der Waals surface area contributed by atoms with Crippen molar-refractivity contribution < 1.29 is 0 Å². The molecule has 1 aliphatic heterocycles. The van der Waals surface area contributed by atoms with Gasteiger partial charge in [-0.25, -0.2) is 4.98 Å². The van der Waals surface area contributed by atoms with E-state index in [2.05, 4.69) is 51.8 Å². The quantitative estimate of drug-likeness (QED) is 0.913. The van der Waals surface area contributed by atoms with E-state index >= 15 is 0 Å². The molecule has 1 saturated heterocycles. The lowest BCUT2D eigenvalue weighted by molar-refractivity contribution is 0.589. The number of nitrogens with zero attached hydrogens (tertiary/aromatic N) is 3. The van der Waals surface area contributed by atoms with E-state index in [4.69, 9.17) is 0 Å². The summed E-state index contributed by atoms with van der Waals surface area (Å²) < 4.78 is 2.21. The van der Waals surface area contributed by atoms with E-state index in [1.165, 1.54) is 11.2 Å². The molecule has 4 heteroatoms. The summed E-state index contributed by atoms with van der Waals surface area (Å²) in [5.41, 5.74) is 2.51. The first-order valence-corrected chi connectivity index (χ1v) is 7.15. The summed E-state index contributed by atoms with van der Waals surface area (Å²) in [5.74, 6) is 1.80. The Morgan fingerprint density at radius 2 is 2.11 bits per heavy atom. The number of anilines is 1. The second-order valence-electron chi connectivity index (χ2n) is 5.69. The molecule has 0 spiro atoms. The lowest BCUT2D eigenvalue weighted by Crippen LogP contribution is -2.43. The third kappa shape index (κ3) is 2.59. The first kappa shape index (κ1) is 12.5. The number of hydrogen-bond acceptors (Lipinski definition) is 3. The molecule has 3 heterocycles. The van der Waals surface area contributed by atoms with Gasteiger partial charge in [0, 0.05) is 44.5 Å². The molecule has 0 bridgehead atoms. The van der Waals surface area contributed by atoms with Gasteiger partial charge in [-0.1, -0.05) is 13.8 Å². The SMILES string of the molecule is CC(C)Cc1ncc2cc(N3CCNCC3)ccn12. The monoisotopic (exact) mass is 258 g/mol. The lowest BCUT2D eigenvalue weighted by Gasteiger charge is -2.29. The molecule has 19 heavy (non-hydrogen) atoms. The van der Waals surface area contributed by atoms with Crippen LogP contribution in [0.2, 0.25) is 0 Å². The number of aromatic nitrogens is 2. The van der Waals surface area contributed by atoms with Gasteiger partial charge in [0.1, 0.15) is 5.82 Å². The zero-order chi connectivity index (χ0) is 13.2. The standard InChI is InChI=1S/C15H22N4/c1-12(2)9-15-17-11-14-10-13(3-6-19(14)15)18-7-4-16-5-8-18/h3,6,10-12,16H,4-5,7-9H2,1-2H3. The average Bonchev–Trinajstić information content (AvgIpc) is 2.81. The van der Waals surface area contributed by atoms with E-state index in [0.29, 0.717) is 5.92 Å². The van der Waals surface area contributed by atoms with Crippen LogP contribution in [0.15, 0.2) is 24.5 Å². The molecular weight excluding hydrogens is 236 g/mol. The molecule has 0 amide bonds. The van der Waals surface area contributed by atoms with Crippen molar-refractivity contribution in [1.29, 1.82) is 0 Å². The Balaban J connectivity index is 1.89. The largest absolute Gasteiger partial charge is 0.369 e. The molecule has 1 fully saturated rings. The lowest BCUT2D eigenvalue weighted by atomic mass is 10.1. The van der Waals surface area contributed by atoms with Gasteiger partial charge < -0.3 is 14.6 Å². The highest BCUT2D eigenvalue weighted by atomic mass is 15.2. The molecule has 102 valence electrons. The Bertz CT molecular complexity index is 552. The van der Waals surface area contributed by atoms with Crippen LogP contribution in [-0.2, 0) is 6.42 Å². The maximum absolute atomic E-state index is 4.55. The number of pyridine rings is 1. The van der Waals surface area contributed by atoms with Crippen LogP contribution in [0, 0.1) is 5.92 Å². The number of imidazole rings is 1. The van der Waals surface area contributed by atoms with Crippen molar-refractivity contribution in [3.63, 3.8) is 0 Å². The molecule has 4 nitrogen and oxygen atoms in total. The van der Waals surface area contributed by atoms with E-state index in [9.17, 15) is 0 Å². The Hall–Kier alpha value is -1.55. The Labute approximate surface area is 114 Å². The van der Waals surface area contributed by atoms with E-state index in [1.54, 1.807) is 0 Å². The number of piperazine rings is 1. The maximum Gasteiger partial charge on any atom is 0.113 e. The molecule has 2 aromatic rings. The number of hydrogen-bond donors (Lipinski definition) is 1. The highest BCUT2D eigenvalue weighted by molar-refractivity contribution is 5.59. The molecule has 0 unspecified atom stereocenters. The minimum Gasteiger partial charge on any atom is -0.369 e. The van der Waals surface area contributed by atoms with Gasteiger partial charge in [-0.15, -0.1) is 0 Å². The average molecular weight is 258 g/mol. The van der Waals surface area contributed by atoms with Crippen molar-refractivity contribution in [3.8, 4) is 0 Å². The zero-order valence-electron chi connectivity index (χ0n) is 11.8. The summed E-state index contributed by atoms with van der Waals surface area (Å²) in [4.78, 5) is 6.99. The van der Waals surface area contributed by atoms with Gasteiger partial charge in [-0.05, 0) is 18.1 Å². The minimum absolute atomic E-state index is 0.637. The maximum atomic E-state index is 4.55. The van der Waals surface area contributed by atoms with Gasteiger partial charge in [0.2, 0.25) is 0 Å². The number of nitrogens with one attached hydrogen (secondary N) is 1. The van der Waals surface area contributed by atoms with Crippen LogP contribution in [0.4, 0.5) is 5.69 Å². The van der Waals surface area contributed by atoms with E-state index in [-0.39, 0.29) is 0 Å². The van der Waals surface area contributed by atoms with Crippen LogP contribution in [-0.4, -0.2) is 35.6 Å². The van der Waals surface area contributed by atoms with Gasteiger partial charge in [-0.2, -0.15) is 0 Å². The minimum atomic E-state index is 0.637. The summed E-state index contributed by atoms with van der Waals surface area (Å²) in [7, 11) is 0. The molecule has 0 atom stereocenters. The fourth-order valence-electron chi connectivity index (χ4n) is 2.68. The van der Waals surface area contributed by atoms with Gasteiger partial charge in [0.25, 0.3) is 0 Å². The predicted octanol–water partition coefficient (Wildman–Crippen LogP) is 1.94. The molecule has 2 aromatic heterocycles. The second kappa shape index (κ2) is 5.21. The molecule has 1 N–H and O–H groups in total. The smallest absolute Gasteiger partial charge is 0.113 e. The van der Waals surface area contributed by atoms with E-state index in [1.807, 2.05) is 6.20 Å². The van der Waals surface area contributed by atoms with Crippen LogP contribution in [0.3, 0.4) is 0 Å². The fraction of sp³-hybridized carbons (Fsp3) is 0.533. The molecular formula is C15H22N4. The van der Waals surface area contributed by atoms with E-state index < -0.39 is 0 Å². The summed E-state index contributed by atoms with van der Waals surface area (Å²) in [6.07, 6.45) is 5.18. The Morgan fingerprint density at radius 3 is 2.84 bits per heavy atom. The summed E-state index contributed by atoms with van der Waals surface area (Å²) in [6.45, 7) is 8.78. The molecule has 0 aromatic carbocycles. The van der Waals surface area contributed by atoms with E-state index in [0.717, 1.165) is 38.4 Å². The third-order valence-corrected chi connectivity index (χ3v) is 3.67. The van der Waals surface area contributed by atoms with Gasteiger partial charge in [0.15, 0.2) is 0 Å². The Morgan fingerprint density at radius 1 is 1.32 bits per heavy atom. The topological polar surface area (TPSA) is 32.6 Å². The fourth-order valence-corrected chi connectivity index (χ4v) is 2.68. The first-order valence-electron chi connectivity index (χ1n) is 7.15. The molecule has 1 aliphatic rings. The zero-order valence-corrected chi connectivity index (χ0v) is 11.8. The van der Waals surface area contributed by atoms with Gasteiger partial charge in [0.05, 0.1) is 11.7 Å². The third-order valence-electron chi connectivity index (χ3n) is 3.67. The van der Waals surface area contributed by atoms with Crippen molar-refractivity contribution in [3.05, 3.63) is 30.4 Å². The molecule has 0 saturated carbocycles. The van der Waals surface area contributed by atoms with Crippen molar-refractivity contribution in [2.45, 2.75) is 20.3 Å². The Kier molecular flexibility index (Phi) is 3.42. The predicted molar refractivity (Wildman–Crippen MR) is 78.8 cm³/mol.